The van der Waals surface area contributed by atoms with Gasteiger partial charge in [-0.1, -0.05) is 43.6 Å². The van der Waals surface area contributed by atoms with Crippen LogP contribution in [0.15, 0.2) is 42.5 Å². The van der Waals surface area contributed by atoms with Crippen LogP contribution in [0.25, 0.3) is 0 Å². The summed E-state index contributed by atoms with van der Waals surface area (Å²) in [4.78, 5) is 12.0. The first-order chi connectivity index (χ1) is 11.0. The van der Waals surface area contributed by atoms with Crippen molar-refractivity contribution in [2.75, 3.05) is 17.2 Å². The first kappa shape index (κ1) is 17.4. The molecule has 0 heterocycles. The van der Waals surface area contributed by atoms with Gasteiger partial charge in [-0.2, -0.15) is 0 Å². The van der Waals surface area contributed by atoms with Crippen LogP contribution >= 0.6 is 11.6 Å². The first-order valence-electron chi connectivity index (χ1n) is 7.86. The SMILES string of the molecule is Cc1c(Cl)cccc1NCCC(=O)Nc1ccc(C(C)C)cc1. The minimum atomic E-state index is -0.00511. The van der Waals surface area contributed by atoms with Crippen LogP contribution in [0.3, 0.4) is 0 Å². The van der Waals surface area contributed by atoms with Crippen molar-refractivity contribution < 1.29 is 4.79 Å². The maximum absolute atomic E-state index is 12.0. The van der Waals surface area contributed by atoms with Gasteiger partial charge in [-0.15, -0.1) is 0 Å². The molecule has 0 saturated carbocycles. The van der Waals surface area contributed by atoms with Crippen LogP contribution in [-0.2, 0) is 4.79 Å². The lowest BCUT2D eigenvalue weighted by Gasteiger charge is -2.11. The monoisotopic (exact) mass is 330 g/mol. The molecule has 0 aliphatic heterocycles. The van der Waals surface area contributed by atoms with E-state index in [-0.39, 0.29) is 5.91 Å². The molecule has 3 nitrogen and oxygen atoms in total. The van der Waals surface area contributed by atoms with Crippen LogP contribution in [0.4, 0.5) is 11.4 Å². The summed E-state index contributed by atoms with van der Waals surface area (Å²) >= 11 is 6.08. The van der Waals surface area contributed by atoms with Gasteiger partial charge in [-0.3, -0.25) is 4.79 Å². The summed E-state index contributed by atoms with van der Waals surface area (Å²) in [5.41, 5.74) is 4.06. The fraction of sp³-hybridized carbons (Fsp3) is 0.316. The molecule has 0 saturated heterocycles. The quantitative estimate of drug-likeness (QED) is 0.763. The number of nitrogens with one attached hydrogen (secondary N) is 2. The molecule has 0 unspecified atom stereocenters. The molecule has 2 N–H and O–H groups in total. The Kier molecular flexibility index (Phi) is 6.05. The second kappa shape index (κ2) is 8.02. The van der Waals surface area contributed by atoms with Gasteiger partial charge in [0.05, 0.1) is 0 Å². The molecule has 2 aromatic carbocycles. The van der Waals surface area contributed by atoms with E-state index in [1.807, 2.05) is 49.4 Å². The van der Waals surface area contributed by atoms with Crippen molar-refractivity contribution in [2.45, 2.75) is 33.1 Å². The second-order valence-corrected chi connectivity index (χ2v) is 6.32. The summed E-state index contributed by atoms with van der Waals surface area (Å²) in [6.07, 6.45) is 0.401. The average molecular weight is 331 g/mol. The number of hydrogen-bond acceptors (Lipinski definition) is 2. The Hall–Kier alpha value is -2.00. The van der Waals surface area contributed by atoms with Crippen molar-refractivity contribution >= 4 is 28.9 Å². The summed E-state index contributed by atoms with van der Waals surface area (Å²) in [6.45, 7) is 6.83. The average Bonchev–Trinajstić information content (AvgIpc) is 2.52. The third kappa shape index (κ3) is 5.00. The van der Waals surface area contributed by atoms with Gasteiger partial charge in [-0.05, 0) is 48.2 Å². The highest BCUT2D eigenvalue weighted by atomic mass is 35.5. The summed E-state index contributed by atoms with van der Waals surface area (Å²) < 4.78 is 0. The highest BCUT2D eigenvalue weighted by Crippen LogP contribution is 2.22. The van der Waals surface area contributed by atoms with Gasteiger partial charge < -0.3 is 10.6 Å². The predicted octanol–water partition coefficient (Wildman–Crippen LogP) is 5.21. The number of halogens is 1. The Bertz CT molecular complexity index is 666. The minimum Gasteiger partial charge on any atom is -0.384 e. The lowest BCUT2D eigenvalue weighted by atomic mass is 10.0. The predicted molar refractivity (Wildman–Crippen MR) is 98.5 cm³/mol. The summed E-state index contributed by atoms with van der Waals surface area (Å²) in [5.74, 6) is 0.486. The molecule has 23 heavy (non-hydrogen) atoms. The number of amides is 1. The molecule has 0 radical (unpaired) electrons. The van der Waals surface area contributed by atoms with Crippen molar-refractivity contribution in [1.82, 2.24) is 0 Å². The smallest absolute Gasteiger partial charge is 0.226 e. The zero-order chi connectivity index (χ0) is 16.8. The van der Waals surface area contributed by atoms with Crippen molar-refractivity contribution in [2.24, 2.45) is 0 Å². The van der Waals surface area contributed by atoms with Gasteiger partial charge in [0.15, 0.2) is 0 Å². The summed E-state index contributed by atoms with van der Waals surface area (Å²) in [6, 6.07) is 13.7. The fourth-order valence-corrected chi connectivity index (χ4v) is 2.46. The van der Waals surface area contributed by atoms with Crippen LogP contribution < -0.4 is 10.6 Å². The molecular weight excluding hydrogens is 308 g/mol. The maximum Gasteiger partial charge on any atom is 0.226 e. The molecule has 2 rings (SSSR count). The van der Waals surface area contributed by atoms with Gasteiger partial charge in [0.1, 0.15) is 0 Å². The van der Waals surface area contributed by atoms with Crippen molar-refractivity contribution in [3.05, 3.63) is 58.6 Å². The highest BCUT2D eigenvalue weighted by Gasteiger charge is 2.05. The number of anilines is 2. The number of benzene rings is 2. The van der Waals surface area contributed by atoms with Crippen molar-refractivity contribution in [3.63, 3.8) is 0 Å². The molecule has 0 fully saturated rings. The van der Waals surface area contributed by atoms with E-state index < -0.39 is 0 Å². The second-order valence-electron chi connectivity index (χ2n) is 5.91. The molecule has 4 heteroatoms. The summed E-state index contributed by atoms with van der Waals surface area (Å²) in [7, 11) is 0. The van der Waals surface area contributed by atoms with Gasteiger partial charge in [-0.25, -0.2) is 0 Å². The lowest BCUT2D eigenvalue weighted by molar-refractivity contribution is -0.115. The van der Waals surface area contributed by atoms with E-state index in [1.54, 1.807) is 0 Å². The Morgan fingerprint density at radius 2 is 1.83 bits per heavy atom. The molecule has 1 amide bonds. The standard InChI is InChI=1S/C19H23ClN2O/c1-13(2)15-7-9-16(10-8-15)22-19(23)11-12-21-18-6-4-5-17(20)14(18)3/h4-10,13,21H,11-12H2,1-3H3,(H,22,23). The minimum absolute atomic E-state index is 0.00511. The maximum atomic E-state index is 12.0. The van der Waals surface area contributed by atoms with Crippen LogP contribution in [0, 0.1) is 6.92 Å². The van der Waals surface area contributed by atoms with E-state index in [2.05, 4.69) is 24.5 Å². The van der Waals surface area contributed by atoms with Gasteiger partial charge >= 0.3 is 0 Å². The molecule has 2 aromatic rings. The normalized spacial score (nSPS) is 10.7. The van der Waals surface area contributed by atoms with Gasteiger partial charge in [0.25, 0.3) is 0 Å². The third-order valence-electron chi connectivity index (χ3n) is 3.80. The van der Waals surface area contributed by atoms with E-state index >= 15 is 0 Å². The molecular formula is C19H23ClN2O. The lowest BCUT2D eigenvalue weighted by Crippen LogP contribution is -2.16. The first-order valence-corrected chi connectivity index (χ1v) is 8.24. The van der Waals surface area contributed by atoms with E-state index in [0.29, 0.717) is 18.9 Å². The third-order valence-corrected chi connectivity index (χ3v) is 4.21. The van der Waals surface area contributed by atoms with Crippen LogP contribution in [0.5, 0.6) is 0 Å². The molecule has 0 aliphatic rings. The van der Waals surface area contributed by atoms with Gasteiger partial charge in [0.2, 0.25) is 5.91 Å². The van der Waals surface area contributed by atoms with E-state index in [9.17, 15) is 4.79 Å². The molecule has 0 atom stereocenters. The Labute approximate surface area is 143 Å². The molecule has 0 bridgehead atoms. The molecule has 0 aliphatic carbocycles. The van der Waals surface area contributed by atoms with E-state index in [0.717, 1.165) is 22.0 Å². The van der Waals surface area contributed by atoms with Crippen LogP contribution in [0.1, 0.15) is 37.3 Å². The van der Waals surface area contributed by atoms with Crippen LogP contribution in [0.2, 0.25) is 5.02 Å². The van der Waals surface area contributed by atoms with Crippen molar-refractivity contribution in [1.29, 1.82) is 0 Å². The zero-order valence-corrected chi connectivity index (χ0v) is 14.6. The highest BCUT2D eigenvalue weighted by molar-refractivity contribution is 6.31. The van der Waals surface area contributed by atoms with E-state index in [1.165, 1.54) is 5.56 Å². The number of carbonyl (C=O) groups excluding carboxylic acids is 1. The largest absolute Gasteiger partial charge is 0.384 e. The molecule has 0 aromatic heterocycles. The van der Waals surface area contributed by atoms with Gasteiger partial charge in [0, 0.05) is 29.4 Å². The topological polar surface area (TPSA) is 41.1 Å². The number of hydrogen-bond donors (Lipinski definition) is 2. The number of rotatable bonds is 6. The Morgan fingerprint density at radius 3 is 2.48 bits per heavy atom. The Morgan fingerprint density at radius 1 is 1.13 bits per heavy atom. The molecule has 122 valence electrons. The Balaban J connectivity index is 1.82. The van der Waals surface area contributed by atoms with Crippen molar-refractivity contribution in [3.8, 4) is 0 Å². The van der Waals surface area contributed by atoms with E-state index in [4.69, 9.17) is 11.6 Å². The van der Waals surface area contributed by atoms with Crippen LogP contribution in [-0.4, -0.2) is 12.5 Å². The fourth-order valence-electron chi connectivity index (χ4n) is 2.28. The zero-order valence-electron chi connectivity index (χ0n) is 13.8. The molecule has 0 spiro atoms. The summed E-state index contributed by atoms with van der Waals surface area (Å²) in [5, 5.41) is 6.89. The number of carbonyl (C=O) groups is 1.